The normalized spacial score (nSPS) is 21.2. The number of rotatable bonds is 3. The molecule has 1 atom stereocenters. The van der Waals surface area contributed by atoms with Gasteiger partial charge in [-0.15, -0.1) is 0 Å². The topological polar surface area (TPSA) is 18.5 Å². The summed E-state index contributed by atoms with van der Waals surface area (Å²) in [4.78, 5) is 5.16. The molecular formula is C17H27N3. The molecule has 110 valence electrons. The van der Waals surface area contributed by atoms with Crippen molar-refractivity contribution in [1.82, 2.24) is 4.90 Å². The van der Waals surface area contributed by atoms with Crippen LogP contribution in [0.25, 0.3) is 0 Å². The smallest absolute Gasteiger partial charge is 0.0393 e. The molecule has 0 aromatic heterocycles. The minimum atomic E-state index is 0.724. The van der Waals surface area contributed by atoms with Crippen LogP contribution in [0, 0.1) is 0 Å². The predicted molar refractivity (Wildman–Crippen MR) is 86.8 cm³/mol. The maximum Gasteiger partial charge on any atom is 0.0393 e. The molecule has 2 aliphatic rings. The summed E-state index contributed by atoms with van der Waals surface area (Å²) in [7, 11) is 0. The van der Waals surface area contributed by atoms with Crippen LogP contribution < -0.4 is 10.2 Å². The van der Waals surface area contributed by atoms with Gasteiger partial charge < -0.3 is 10.2 Å². The average molecular weight is 273 g/mol. The van der Waals surface area contributed by atoms with E-state index in [1.807, 2.05) is 0 Å². The van der Waals surface area contributed by atoms with Crippen molar-refractivity contribution in [3.8, 4) is 0 Å². The summed E-state index contributed by atoms with van der Waals surface area (Å²) in [5.74, 6) is 0. The van der Waals surface area contributed by atoms with Crippen molar-refractivity contribution in [2.24, 2.45) is 0 Å². The van der Waals surface area contributed by atoms with Crippen LogP contribution in [0.3, 0.4) is 0 Å². The van der Waals surface area contributed by atoms with Gasteiger partial charge in [0.1, 0.15) is 0 Å². The number of fused-ring (bicyclic) bond motifs is 1. The van der Waals surface area contributed by atoms with Gasteiger partial charge in [-0.1, -0.05) is 13.0 Å². The predicted octanol–water partition coefficient (Wildman–Crippen LogP) is 2.97. The average Bonchev–Trinajstić information content (AvgIpc) is 2.54. The van der Waals surface area contributed by atoms with Crippen LogP contribution in [0.15, 0.2) is 18.2 Å². The third-order valence-corrected chi connectivity index (χ3v) is 4.93. The summed E-state index contributed by atoms with van der Waals surface area (Å²) in [5, 5.41) is 3.54. The van der Waals surface area contributed by atoms with Crippen molar-refractivity contribution < 1.29 is 0 Å². The number of nitrogens with one attached hydrogen (secondary N) is 1. The van der Waals surface area contributed by atoms with E-state index in [2.05, 4.69) is 47.2 Å². The first-order chi connectivity index (χ1) is 9.78. The fraction of sp³-hybridized carbons (Fsp3) is 0.647. The van der Waals surface area contributed by atoms with E-state index in [-0.39, 0.29) is 0 Å². The minimum absolute atomic E-state index is 0.724. The van der Waals surface area contributed by atoms with Crippen LogP contribution in [0.1, 0.15) is 32.3 Å². The summed E-state index contributed by atoms with van der Waals surface area (Å²) in [5.41, 5.74) is 4.23. The van der Waals surface area contributed by atoms with Gasteiger partial charge in [0.25, 0.3) is 0 Å². The molecule has 3 rings (SSSR count). The van der Waals surface area contributed by atoms with E-state index < -0.39 is 0 Å². The Hall–Kier alpha value is -1.22. The Morgan fingerprint density at radius 1 is 1.20 bits per heavy atom. The molecule has 0 saturated carbocycles. The van der Waals surface area contributed by atoms with E-state index in [4.69, 9.17) is 0 Å². The van der Waals surface area contributed by atoms with Crippen molar-refractivity contribution in [3.63, 3.8) is 0 Å². The molecule has 1 aromatic rings. The van der Waals surface area contributed by atoms with Crippen LogP contribution in [0.4, 0.5) is 11.4 Å². The van der Waals surface area contributed by atoms with Crippen LogP contribution in [-0.4, -0.2) is 43.7 Å². The summed E-state index contributed by atoms with van der Waals surface area (Å²) in [6.45, 7) is 10.5. The minimum Gasteiger partial charge on any atom is -0.385 e. The zero-order chi connectivity index (χ0) is 13.9. The Labute approximate surface area is 123 Å². The van der Waals surface area contributed by atoms with Gasteiger partial charge in [-0.3, -0.25) is 4.90 Å². The monoisotopic (exact) mass is 273 g/mol. The molecule has 0 bridgehead atoms. The maximum atomic E-state index is 3.54. The van der Waals surface area contributed by atoms with Crippen LogP contribution in [0.5, 0.6) is 0 Å². The van der Waals surface area contributed by atoms with Crippen molar-refractivity contribution in [2.75, 3.05) is 42.9 Å². The number of benzene rings is 1. The molecule has 0 spiro atoms. The lowest BCUT2D eigenvalue weighted by molar-refractivity contribution is 0.193. The molecule has 2 heterocycles. The van der Waals surface area contributed by atoms with Crippen LogP contribution in [0.2, 0.25) is 0 Å². The van der Waals surface area contributed by atoms with Gasteiger partial charge in [0.2, 0.25) is 0 Å². The molecule has 2 aliphatic heterocycles. The fourth-order valence-corrected chi connectivity index (χ4v) is 3.32. The van der Waals surface area contributed by atoms with E-state index in [9.17, 15) is 0 Å². The Kier molecular flexibility index (Phi) is 4.16. The molecule has 0 aliphatic carbocycles. The zero-order valence-corrected chi connectivity index (χ0v) is 12.9. The highest BCUT2D eigenvalue weighted by molar-refractivity contribution is 5.63. The second-order valence-electron chi connectivity index (χ2n) is 6.15. The summed E-state index contributed by atoms with van der Waals surface area (Å²) in [6.07, 6.45) is 3.74. The van der Waals surface area contributed by atoms with Gasteiger partial charge in [0.15, 0.2) is 0 Å². The van der Waals surface area contributed by atoms with Gasteiger partial charge in [-0.05, 0) is 43.9 Å². The van der Waals surface area contributed by atoms with Gasteiger partial charge in [-0.25, -0.2) is 0 Å². The fourth-order valence-electron chi connectivity index (χ4n) is 3.32. The molecule has 1 aromatic carbocycles. The molecule has 0 amide bonds. The Morgan fingerprint density at radius 3 is 2.75 bits per heavy atom. The molecule has 20 heavy (non-hydrogen) atoms. The quantitative estimate of drug-likeness (QED) is 0.913. The van der Waals surface area contributed by atoms with Gasteiger partial charge in [0.05, 0.1) is 0 Å². The number of hydrogen-bond donors (Lipinski definition) is 1. The first kappa shape index (κ1) is 13.7. The maximum absolute atomic E-state index is 3.54. The molecule has 1 unspecified atom stereocenters. The lowest BCUT2D eigenvalue weighted by atomic mass is 10.0. The third-order valence-electron chi connectivity index (χ3n) is 4.93. The molecule has 3 heteroatoms. The van der Waals surface area contributed by atoms with Crippen molar-refractivity contribution in [3.05, 3.63) is 23.8 Å². The SMILES string of the molecule is CCC(C)N1CCN(c2ccc3c(c2)NCCC3)CC1. The van der Waals surface area contributed by atoms with Gasteiger partial charge in [-0.2, -0.15) is 0 Å². The van der Waals surface area contributed by atoms with Crippen molar-refractivity contribution >= 4 is 11.4 Å². The standard InChI is InChI=1S/C17H27N3/c1-3-14(2)19-9-11-20(12-10-19)16-7-6-15-5-4-8-18-17(15)13-16/h6-7,13-14,18H,3-5,8-12H2,1-2H3. The van der Waals surface area contributed by atoms with E-state index in [1.165, 1.54) is 49.3 Å². The van der Waals surface area contributed by atoms with E-state index in [1.54, 1.807) is 0 Å². The van der Waals surface area contributed by atoms with Crippen LogP contribution >= 0.6 is 0 Å². The molecule has 0 radical (unpaired) electrons. The van der Waals surface area contributed by atoms with Gasteiger partial charge >= 0.3 is 0 Å². The molecule has 3 nitrogen and oxygen atoms in total. The Balaban J connectivity index is 1.66. The third kappa shape index (κ3) is 2.78. The molecule has 1 fully saturated rings. The van der Waals surface area contributed by atoms with E-state index in [0.717, 1.165) is 25.7 Å². The Bertz CT molecular complexity index is 450. The summed E-state index contributed by atoms with van der Waals surface area (Å²) in [6, 6.07) is 7.71. The first-order valence-electron chi connectivity index (χ1n) is 8.13. The van der Waals surface area contributed by atoms with Crippen LogP contribution in [-0.2, 0) is 6.42 Å². The number of piperazine rings is 1. The second kappa shape index (κ2) is 6.04. The molecule has 1 saturated heterocycles. The first-order valence-corrected chi connectivity index (χ1v) is 8.13. The number of anilines is 2. The highest BCUT2D eigenvalue weighted by Crippen LogP contribution is 2.28. The van der Waals surface area contributed by atoms with E-state index >= 15 is 0 Å². The molecular weight excluding hydrogens is 246 g/mol. The lowest BCUT2D eigenvalue weighted by Gasteiger charge is -2.39. The van der Waals surface area contributed by atoms with E-state index in [0.29, 0.717) is 0 Å². The van der Waals surface area contributed by atoms with Gasteiger partial charge in [0, 0.05) is 50.1 Å². The van der Waals surface area contributed by atoms with Crippen molar-refractivity contribution in [2.45, 2.75) is 39.2 Å². The number of aryl methyl sites for hydroxylation is 1. The summed E-state index contributed by atoms with van der Waals surface area (Å²) >= 11 is 0. The zero-order valence-electron chi connectivity index (χ0n) is 12.9. The summed E-state index contributed by atoms with van der Waals surface area (Å²) < 4.78 is 0. The lowest BCUT2D eigenvalue weighted by Crippen LogP contribution is -2.49. The largest absolute Gasteiger partial charge is 0.385 e. The molecule has 1 N–H and O–H groups in total. The second-order valence-corrected chi connectivity index (χ2v) is 6.15. The number of nitrogens with zero attached hydrogens (tertiary/aromatic N) is 2. The number of hydrogen-bond acceptors (Lipinski definition) is 3. The highest BCUT2D eigenvalue weighted by Gasteiger charge is 2.21. The van der Waals surface area contributed by atoms with Crippen molar-refractivity contribution in [1.29, 1.82) is 0 Å². The Morgan fingerprint density at radius 2 is 2.00 bits per heavy atom. The highest BCUT2D eigenvalue weighted by atomic mass is 15.3.